The number of methoxy groups -OCH3 is 3. The van der Waals surface area contributed by atoms with Gasteiger partial charge in [-0.1, -0.05) is 6.07 Å². The summed E-state index contributed by atoms with van der Waals surface area (Å²) in [7, 11) is 8.92. The molecule has 0 fully saturated rings. The minimum absolute atomic E-state index is 0.158. The molecule has 0 amide bonds. The maximum Gasteiger partial charge on any atom is 0.203 e. The van der Waals surface area contributed by atoms with Gasteiger partial charge in [-0.15, -0.1) is 0 Å². The summed E-state index contributed by atoms with van der Waals surface area (Å²) in [6.07, 6.45) is 1.70. The number of rotatable bonds is 9. The Kier molecular flexibility index (Phi) is 6.52. The molecule has 1 aromatic heterocycles. The Morgan fingerprint density at radius 2 is 1.79 bits per heavy atom. The maximum absolute atomic E-state index is 5.53. The van der Waals surface area contributed by atoms with Gasteiger partial charge in [-0.05, 0) is 32.3 Å². The summed E-state index contributed by atoms with van der Waals surface area (Å²) in [6.45, 7) is 1.40. The molecule has 0 radical (unpaired) electrons. The molecule has 2 rings (SSSR count). The first-order valence-electron chi connectivity index (χ1n) is 7.80. The highest BCUT2D eigenvalue weighted by molar-refractivity contribution is 5.55. The second-order valence-electron chi connectivity index (χ2n) is 5.62. The summed E-state index contributed by atoms with van der Waals surface area (Å²) >= 11 is 0. The lowest BCUT2D eigenvalue weighted by Gasteiger charge is -2.23. The Morgan fingerprint density at radius 3 is 2.33 bits per heavy atom. The molecule has 24 heavy (non-hydrogen) atoms. The second kappa shape index (κ2) is 8.61. The number of hydrogen-bond donors (Lipinski definition) is 1. The fourth-order valence-corrected chi connectivity index (χ4v) is 2.66. The van der Waals surface area contributed by atoms with Crippen LogP contribution in [0.3, 0.4) is 0 Å². The van der Waals surface area contributed by atoms with Crippen LogP contribution in [0.25, 0.3) is 0 Å². The van der Waals surface area contributed by atoms with Crippen LogP contribution in [0.1, 0.15) is 17.4 Å². The van der Waals surface area contributed by atoms with Gasteiger partial charge in [0.2, 0.25) is 5.75 Å². The molecule has 132 valence electrons. The molecular formula is C18H26N2O4. The number of furan rings is 1. The summed E-state index contributed by atoms with van der Waals surface area (Å²) in [4.78, 5) is 2.12. The highest BCUT2D eigenvalue weighted by Gasteiger charge is 2.18. The minimum atomic E-state index is 0.158. The predicted octanol–water partition coefficient (Wildman–Crippen LogP) is 2.70. The molecule has 0 saturated carbocycles. The third kappa shape index (κ3) is 4.01. The van der Waals surface area contributed by atoms with Crippen molar-refractivity contribution in [3.63, 3.8) is 0 Å². The van der Waals surface area contributed by atoms with E-state index in [0.717, 1.165) is 17.9 Å². The van der Waals surface area contributed by atoms with E-state index in [9.17, 15) is 0 Å². The van der Waals surface area contributed by atoms with E-state index in [1.165, 1.54) is 0 Å². The molecule has 6 heteroatoms. The number of nitrogens with zero attached hydrogens (tertiary/aromatic N) is 1. The van der Waals surface area contributed by atoms with Gasteiger partial charge >= 0.3 is 0 Å². The molecule has 0 aliphatic heterocycles. The SMILES string of the molecule is COc1ccc(CNCC(c2ccco2)N(C)C)c(OC)c1OC. The molecule has 1 aromatic carbocycles. The van der Waals surface area contributed by atoms with Crippen LogP contribution in [-0.4, -0.2) is 46.9 Å². The van der Waals surface area contributed by atoms with Gasteiger partial charge in [0.1, 0.15) is 5.76 Å². The predicted molar refractivity (Wildman–Crippen MR) is 92.9 cm³/mol. The minimum Gasteiger partial charge on any atom is -0.493 e. The average Bonchev–Trinajstić information content (AvgIpc) is 3.11. The zero-order valence-corrected chi connectivity index (χ0v) is 15.0. The van der Waals surface area contributed by atoms with Crippen molar-refractivity contribution in [3.8, 4) is 17.2 Å². The van der Waals surface area contributed by atoms with Crippen molar-refractivity contribution in [1.29, 1.82) is 0 Å². The summed E-state index contributed by atoms with van der Waals surface area (Å²) in [5.41, 5.74) is 1.01. The van der Waals surface area contributed by atoms with Gasteiger partial charge in [-0.2, -0.15) is 0 Å². The summed E-state index contributed by atoms with van der Waals surface area (Å²) < 4.78 is 21.8. The molecule has 1 unspecified atom stereocenters. The van der Waals surface area contributed by atoms with Gasteiger partial charge in [0, 0.05) is 18.7 Å². The van der Waals surface area contributed by atoms with Gasteiger partial charge < -0.3 is 23.9 Å². The van der Waals surface area contributed by atoms with E-state index in [2.05, 4.69) is 10.2 Å². The summed E-state index contributed by atoms with van der Waals surface area (Å²) in [6, 6.07) is 7.91. The quantitative estimate of drug-likeness (QED) is 0.761. The molecule has 6 nitrogen and oxygen atoms in total. The lowest BCUT2D eigenvalue weighted by atomic mass is 10.1. The average molecular weight is 334 g/mol. The topological polar surface area (TPSA) is 56.1 Å². The van der Waals surface area contributed by atoms with E-state index in [0.29, 0.717) is 23.8 Å². The van der Waals surface area contributed by atoms with Crippen LogP contribution in [0, 0.1) is 0 Å². The first kappa shape index (κ1) is 18.2. The van der Waals surface area contributed by atoms with Gasteiger partial charge in [0.05, 0.1) is 33.6 Å². The van der Waals surface area contributed by atoms with Crippen molar-refractivity contribution in [3.05, 3.63) is 41.9 Å². The highest BCUT2D eigenvalue weighted by atomic mass is 16.5. The smallest absolute Gasteiger partial charge is 0.203 e. The summed E-state index contributed by atoms with van der Waals surface area (Å²) in [5.74, 6) is 2.88. The van der Waals surface area contributed by atoms with Crippen molar-refractivity contribution < 1.29 is 18.6 Å². The molecule has 0 bridgehead atoms. The van der Waals surface area contributed by atoms with Crippen molar-refractivity contribution >= 4 is 0 Å². The molecule has 1 heterocycles. The van der Waals surface area contributed by atoms with Crippen LogP contribution in [0.15, 0.2) is 34.9 Å². The highest BCUT2D eigenvalue weighted by Crippen LogP contribution is 2.39. The number of ether oxygens (including phenoxy) is 3. The molecule has 2 aromatic rings. The zero-order chi connectivity index (χ0) is 17.5. The molecule has 1 N–H and O–H groups in total. The molecule has 0 aliphatic rings. The van der Waals surface area contributed by atoms with Gasteiger partial charge in [0.15, 0.2) is 11.5 Å². The number of hydrogen-bond acceptors (Lipinski definition) is 6. The lowest BCUT2D eigenvalue weighted by molar-refractivity contribution is 0.249. The van der Waals surface area contributed by atoms with E-state index in [4.69, 9.17) is 18.6 Å². The Morgan fingerprint density at radius 1 is 1.04 bits per heavy atom. The van der Waals surface area contributed by atoms with Crippen LogP contribution in [0.2, 0.25) is 0 Å². The first-order chi connectivity index (χ1) is 11.6. The summed E-state index contributed by atoms with van der Waals surface area (Å²) in [5, 5.41) is 3.46. The maximum atomic E-state index is 5.53. The van der Waals surface area contributed by atoms with E-state index >= 15 is 0 Å². The fourth-order valence-electron chi connectivity index (χ4n) is 2.66. The van der Waals surface area contributed by atoms with Crippen molar-refractivity contribution in [1.82, 2.24) is 10.2 Å². The molecule has 0 aliphatic carbocycles. The van der Waals surface area contributed by atoms with E-state index in [1.807, 2.05) is 38.4 Å². The Bertz CT molecular complexity index is 626. The normalized spacial score (nSPS) is 12.2. The Balaban J connectivity index is 2.08. The zero-order valence-electron chi connectivity index (χ0n) is 15.0. The van der Waals surface area contributed by atoms with E-state index in [-0.39, 0.29) is 6.04 Å². The number of nitrogens with one attached hydrogen (secondary N) is 1. The largest absolute Gasteiger partial charge is 0.493 e. The van der Waals surface area contributed by atoms with Crippen LogP contribution in [-0.2, 0) is 6.54 Å². The Labute approximate surface area is 143 Å². The van der Waals surface area contributed by atoms with Gasteiger partial charge in [-0.3, -0.25) is 4.90 Å². The van der Waals surface area contributed by atoms with E-state index in [1.54, 1.807) is 27.6 Å². The standard InChI is InChI=1S/C18H26N2O4/c1-20(2)14(15-7-6-10-24-15)12-19-11-13-8-9-16(21-3)18(23-5)17(13)22-4/h6-10,14,19H,11-12H2,1-5H3. The second-order valence-corrected chi connectivity index (χ2v) is 5.62. The fraction of sp³-hybridized carbons (Fsp3) is 0.444. The van der Waals surface area contributed by atoms with Crippen LogP contribution < -0.4 is 19.5 Å². The van der Waals surface area contributed by atoms with Crippen molar-refractivity contribution in [2.24, 2.45) is 0 Å². The van der Waals surface area contributed by atoms with Crippen molar-refractivity contribution in [2.45, 2.75) is 12.6 Å². The number of benzene rings is 1. The van der Waals surface area contributed by atoms with Crippen LogP contribution >= 0.6 is 0 Å². The lowest BCUT2D eigenvalue weighted by Crippen LogP contribution is -2.30. The molecule has 0 saturated heterocycles. The van der Waals surface area contributed by atoms with Crippen LogP contribution in [0.4, 0.5) is 0 Å². The molecule has 0 spiro atoms. The Hall–Kier alpha value is -2.18. The first-order valence-corrected chi connectivity index (χ1v) is 7.80. The van der Waals surface area contributed by atoms with Gasteiger partial charge in [0.25, 0.3) is 0 Å². The third-order valence-electron chi connectivity index (χ3n) is 3.93. The third-order valence-corrected chi connectivity index (χ3v) is 3.93. The van der Waals surface area contributed by atoms with E-state index < -0.39 is 0 Å². The van der Waals surface area contributed by atoms with Gasteiger partial charge in [-0.25, -0.2) is 0 Å². The van der Waals surface area contributed by atoms with Crippen molar-refractivity contribution in [2.75, 3.05) is 42.0 Å². The molecule has 1 atom stereocenters. The van der Waals surface area contributed by atoms with Crippen LogP contribution in [0.5, 0.6) is 17.2 Å². The monoisotopic (exact) mass is 334 g/mol. The number of likely N-dealkylation sites (N-methyl/N-ethyl adjacent to an activating group) is 1. The molecular weight excluding hydrogens is 308 g/mol.